The molecule has 16 heavy (non-hydrogen) atoms. The molecular formula is C11H16N2O3. The molecule has 0 saturated heterocycles. The SMILES string of the molecule is CCOc1cc2c(cc1[C@@H](N)CN)OCO2. The van der Waals surface area contributed by atoms with Crippen molar-refractivity contribution in [3.8, 4) is 17.2 Å². The molecule has 0 bridgehead atoms. The van der Waals surface area contributed by atoms with Crippen LogP contribution in [0.25, 0.3) is 0 Å². The first kappa shape index (κ1) is 11.0. The Morgan fingerprint density at radius 2 is 2.06 bits per heavy atom. The smallest absolute Gasteiger partial charge is 0.231 e. The molecule has 1 aromatic carbocycles. The van der Waals surface area contributed by atoms with Crippen LogP contribution >= 0.6 is 0 Å². The predicted molar refractivity (Wildman–Crippen MR) is 59.7 cm³/mol. The molecule has 0 radical (unpaired) electrons. The maximum Gasteiger partial charge on any atom is 0.231 e. The number of nitrogens with two attached hydrogens (primary N) is 2. The summed E-state index contributed by atoms with van der Waals surface area (Å²) in [6.45, 7) is 3.09. The summed E-state index contributed by atoms with van der Waals surface area (Å²) in [5.74, 6) is 2.10. The monoisotopic (exact) mass is 224 g/mol. The summed E-state index contributed by atoms with van der Waals surface area (Å²) in [5, 5.41) is 0. The molecule has 1 aliphatic heterocycles. The molecule has 0 aromatic heterocycles. The van der Waals surface area contributed by atoms with E-state index in [1.54, 1.807) is 6.07 Å². The van der Waals surface area contributed by atoms with Crippen molar-refractivity contribution in [3.63, 3.8) is 0 Å². The first-order valence-electron chi connectivity index (χ1n) is 5.28. The van der Waals surface area contributed by atoms with Gasteiger partial charge >= 0.3 is 0 Å². The zero-order valence-corrected chi connectivity index (χ0v) is 9.23. The summed E-state index contributed by atoms with van der Waals surface area (Å²) < 4.78 is 16.1. The molecule has 1 atom stereocenters. The third kappa shape index (κ3) is 1.91. The van der Waals surface area contributed by atoms with Gasteiger partial charge in [-0.15, -0.1) is 0 Å². The predicted octanol–water partition coefficient (Wildman–Crippen LogP) is 0.772. The summed E-state index contributed by atoms with van der Waals surface area (Å²) in [5.41, 5.74) is 12.3. The highest BCUT2D eigenvalue weighted by molar-refractivity contribution is 5.52. The van der Waals surface area contributed by atoms with Crippen molar-refractivity contribution in [2.24, 2.45) is 11.5 Å². The van der Waals surface area contributed by atoms with Gasteiger partial charge in [0.1, 0.15) is 5.75 Å². The summed E-state index contributed by atoms with van der Waals surface area (Å²) in [6.07, 6.45) is 0. The molecule has 0 fully saturated rings. The second-order valence-corrected chi connectivity index (χ2v) is 3.52. The number of hydrogen-bond acceptors (Lipinski definition) is 5. The van der Waals surface area contributed by atoms with Crippen LogP contribution in [0, 0.1) is 0 Å². The first-order chi connectivity index (χ1) is 7.76. The Kier molecular flexibility index (Phi) is 3.17. The van der Waals surface area contributed by atoms with Crippen LogP contribution in [-0.4, -0.2) is 19.9 Å². The van der Waals surface area contributed by atoms with Crippen LogP contribution in [0.2, 0.25) is 0 Å². The average molecular weight is 224 g/mol. The highest BCUT2D eigenvalue weighted by Crippen LogP contribution is 2.39. The van der Waals surface area contributed by atoms with E-state index in [9.17, 15) is 0 Å². The van der Waals surface area contributed by atoms with Gasteiger partial charge in [0.25, 0.3) is 0 Å². The fraction of sp³-hybridized carbons (Fsp3) is 0.455. The van der Waals surface area contributed by atoms with E-state index in [1.807, 2.05) is 13.0 Å². The molecular weight excluding hydrogens is 208 g/mol. The molecule has 5 heteroatoms. The molecule has 0 unspecified atom stereocenters. The van der Waals surface area contributed by atoms with E-state index >= 15 is 0 Å². The summed E-state index contributed by atoms with van der Waals surface area (Å²) in [4.78, 5) is 0. The lowest BCUT2D eigenvalue weighted by molar-refractivity contribution is 0.173. The molecule has 5 nitrogen and oxygen atoms in total. The Labute approximate surface area is 94.3 Å². The van der Waals surface area contributed by atoms with Crippen LogP contribution in [-0.2, 0) is 0 Å². The van der Waals surface area contributed by atoms with Crippen molar-refractivity contribution in [2.45, 2.75) is 13.0 Å². The molecule has 1 aromatic rings. The summed E-state index contributed by atoms with van der Waals surface area (Å²) in [7, 11) is 0. The van der Waals surface area contributed by atoms with E-state index in [0.29, 0.717) is 30.4 Å². The fourth-order valence-electron chi connectivity index (χ4n) is 1.64. The third-order valence-corrected chi connectivity index (χ3v) is 2.46. The zero-order valence-electron chi connectivity index (χ0n) is 9.23. The molecule has 0 aliphatic carbocycles. The number of rotatable bonds is 4. The van der Waals surface area contributed by atoms with E-state index in [4.69, 9.17) is 25.7 Å². The minimum Gasteiger partial charge on any atom is -0.493 e. The van der Waals surface area contributed by atoms with Crippen molar-refractivity contribution < 1.29 is 14.2 Å². The molecule has 88 valence electrons. The van der Waals surface area contributed by atoms with Gasteiger partial charge < -0.3 is 25.7 Å². The van der Waals surface area contributed by atoms with Crippen molar-refractivity contribution in [1.82, 2.24) is 0 Å². The summed E-state index contributed by atoms with van der Waals surface area (Å²) in [6, 6.07) is 3.39. The van der Waals surface area contributed by atoms with Crippen molar-refractivity contribution in [1.29, 1.82) is 0 Å². The average Bonchev–Trinajstić information content (AvgIpc) is 2.74. The van der Waals surface area contributed by atoms with Crippen LogP contribution in [0.15, 0.2) is 12.1 Å². The Morgan fingerprint density at radius 3 is 2.69 bits per heavy atom. The van der Waals surface area contributed by atoms with Gasteiger partial charge in [-0.1, -0.05) is 0 Å². The Balaban J connectivity index is 2.40. The van der Waals surface area contributed by atoms with Crippen LogP contribution in [0.4, 0.5) is 0 Å². The molecule has 0 amide bonds. The van der Waals surface area contributed by atoms with Gasteiger partial charge in [0.2, 0.25) is 6.79 Å². The van der Waals surface area contributed by atoms with Crippen molar-refractivity contribution in [2.75, 3.05) is 19.9 Å². The van der Waals surface area contributed by atoms with E-state index < -0.39 is 0 Å². The lowest BCUT2D eigenvalue weighted by atomic mass is 10.1. The minimum atomic E-state index is -0.254. The second-order valence-electron chi connectivity index (χ2n) is 3.52. The first-order valence-corrected chi connectivity index (χ1v) is 5.28. The number of fused-ring (bicyclic) bond motifs is 1. The molecule has 0 spiro atoms. The van der Waals surface area contributed by atoms with Gasteiger partial charge in [-0.25, -0.2) is 0 Å². The van der Waals surface area contributed by atoms with Crippen LogP contribution in [0.3, 0.4) is 0 Å². The Morgan fingerprint density at radius 1 is 1.38 bits per heavy atom. The molecule has 4 N–H and O–H groups in total. The largest absolute Gasteiger partial charge is 0.493 e. The van der Waals surface area contributed by atoms with Gasteiger partial charge in [0.05, 0.1) is 6.61 Å². The number of ether oxygens (including phenoxy) is 3. The molecule has 0 saturated carbocycles. The van der Waals surface area contributed by atoms with Crippen LogP contribution in [0.1, 0.15) is 18.5 Å². The topological polar surface area (TPSA) is 79.7 Å². The van der Waals surface area contributed by atoms with Crippen molar-refractivity contribution in [3.05, 3.63) is 17.7 Å². The van der Waals surface area contributed by atoms with Gasteiger partial charge in [-0.2, -0.15) is 0 Å². The Bertz CT molecular complexity index is 382. The van der Waals surface area contributed by atoms with Gasteiger partial charge in [-0.05, 0) is 13.0 Å². The quantitative estimate of drug-likeness (QED) is 0.789. The second kappa shape index (κ2) is 4.59. The van der Waals surface area contributed by atoms with E-state index in [0.717, 1.165) is 5.56 Å². The lowest BCUT2D eigenvalue weighted by Gasteiger charge is -2.15. The normalized spacial score (nSPS) is 14.9. The molecule has 1 aliphatic rings. The van der Waals surface area contributed by atoms with E-state index in [2.05, 4.69) is 0 Å². The van der Waals surface area contributed by atoms with E-state index in [1.165, 1.54) is 0 Å². The third-order valence-electron chi connectivity index (χ3n) is 2.46. The highest BCUT2D eigenvalue weighted by atomic mass is 16.7. The van der Waals surface area contributed by atoms with Gasteiger partial charge in [0, 0.05) is 24.2 Å². The number of hydrogen-bond donors (Lipinski definition) is 2. The van der Waals surface area contributed by atoms with Crippen LogP contribution in [0.5, 0.6) is 17.2 Å². The fourth-order valence-corrected chi connectivity index (χ4v) is 1.64. The van der Waals surface area contributed by atoms with E-state index in [-0.39, 0.29) is 12.8 Å². The summed E-state index contributed by atoms with van der Waals surface area (Å²) >= 11 is 0. The maximum atomic E-state index is 5.92. The standard InChI is InChI=1S/C11H16N2O3/c1-2-14-9-4-11-10(15-6-16-11)3-7(9)8(13)5-12/h3-4,8H,2,5-6,12-13H2,1H3/t8-/m0/s1. The lowest BCUT2D eigenvalue weighted by Crippen LogP contribution is -2.21. The zero-order chi connectivity index (χ0) is 11.5. The van der Waals surface area contributed by atoms with Crippen molar-refractivity contribution >= 4 is 0 Å². The Hall–Kier alpha value is -1.46. The van der Waals surface area contributed by atoms with Gasteiger partial charge in [-0.3, -0.25) is 0 Å². The molecule has 2 rings (SSSR count). The maximum absolute atomic E-state index is 5.92. The highest BCUT2D eigenvalue weighted by Gasteiger charge is 2.20. The number of benzene rings is 1. The minimum absolute atomic E-state index is 0.238. The van der Waals surface area contributed by atoms with Gasteiger partial charge in [0.15, 0.2) is 11.5 Å². The van der Waals surface area contributed by atoms with Crippen LogP contribution < -0.4 is 25.7 Å². The molecule has 1 heterocycles.